The number of aliphatic hydroxyl groups is 1. The first kappa shape index (κ1) is 27.6. The Labute approximate surface area is 213 Å². The van der Waals surface area contributed by atoms with Crippen molar-refractivity contribution in [3.8, 4) is 5.75 Å². The van der Waals surface area contributed by atoms with Crippen molar-refractivity contribution in [2.75, 3.05) is 38.3 Å². The topological polar surface area (TPSA) is 116 Å². The number of likely N-dealkylation sites (N-methyl/N-ethyl adjacent to an activating group) is 1. The second-order valence-corrected chi connectivity index (χ2v) is 11.6. The number of anilines is 1. The lowest BCUT2D eigenvalue weighted by atomic mass is 10.0. The Balaban J connectivity index is 1.90. The Kier molecular flexibility index (Phi) is 9.10. The van der Waals surface area contributed by atoms with Gasteiger partial charge < -0.3 is 20.1 Å². The van der Waals surface area contributed by atoms with E-state index in [1.807, 2.05) is 37.3 Å². The summed E-state index contributed by atoms with van der Waals surface area (Å²) in [6, 6.07) is 14.1. The summed E-state index contributed by atoms with van der Waals surface area (Å²) < 4.78 is 31.6. The summed E-state index contributed by atoms with van der Waals surface area (Å²) in [7, 11) is -1.95. The van der Waals surface area contributed by atoms with Crippen LogP contribution in [0.15, 0.2) is 48.5 Å². The molecular weight excluding hydrogens is 482 g/mol. The largest absolute Gasteiger partial charge is 0.488 e. The van der Waals surface area contributed by atoms with Crippen LogP contribution in [0.4, 0.5) is 5.69 Å². The third-order valence-electron chi connectivity index (χ3n) is 6.41. The maximum atomic E-state index is 13.3. The lowest BCUT2D eigenvalue weighted by Crippen LogP contribution is -2.48. The van der Waals surface area contributed by atoms with Gasteiger partial charge in [0.1, 0.15) is 11.9 Å². The highest BCUT2D eigenvalue weighted by Gasteiger charge is 2.32. The van der Waals surface area contributed by atoms with Crippen LogP contribution in [0.1, 0.15) is 25.0 Å². The molecular formula is C26H35N3O6S. The van der Waals surface area contributed by atoms with E-state index in [9.17, 15) is 23.1 Å². The fourth-order valence-corrected chi connectivity index (χ4v) is 4.52. The van der Waals surface area contributed by atoms with E-state index in [0.717, 1.165) is 11.8 Å². The van der Waals surface area contributed by atoms with Gasteiger partial charge in [-0.1, -0.05) is 37.3 Å². The lowest BCUT2D eigenvalue weighted by Gasteiger charge is -2.33. The van der Waals surface area contributed by atoms with E-state index in [4.69, 9.17) is 4.74 Å². The zero-order chi connectivity index (χ0) is 26.5. The molecule has 1 heterocycles. The minimum absolute atomic E-state index is 0.0173. The van der Waals surface area contributed by atoms with Gasteiger partial charge in [-0.3, -0.25) is 9.59 Å². The summed E-state index contributed by atoms with van der Waals surface area (Å²) in [4.78, 5) is 27.4. The molecule has 0 radical (unpaired) electrons. The van der Waals surface area contributed by atoms with Gasteiger partial charge in [0, 0.05) is 30.8 Å². The molecule has 3 rings (SSSR count). The number of benzene rings is 2. The molecule has 2 N–H and O–H groups in total. The zero-order valence-electron chi connectivity index (χ0n) is 21.2. The number of nitrogens with one attached hydrogen (secondary N) is 1. The van der Waals surface area contributed by atoms with Gasteiger partial charge in [-0.15, -0.1) is 0 Å². The molecule has 0 saturated heterocycles. The Morgan fingerprint density at radius 3 is 2.58 bits per heavy atom. The van der Waals surface area contributed by atoms with Gasteiger partial charge in [0.25, 0.3) is 0 Å². The van der Waals surface area contributed by atoms with Gasteiger partial charge in [0.05, 0.1) is 38.3 Å². The number of carbonyl (C=O) groups is 2. The summed E-state index contributed by atoms with van der Waals surface area (Å²) in [5.74, 6) is -0.128. The van der Waals surface area contributed by atoms with Crippen LogP contribution in [0.5, 0.6) is 5.75 Å². The van der Waals surface area contributed by atoms with E-state index in [1.54, 1.807) is 30.0 Å². The molecule has 0 fully saturated rings. The highest BCUT2D eigenvalue weighted by molar-refractivity contribution is 7.88. The third kappa shape index (κ3) is 7.28. The summed E-state index contributed by atoms with van der Waals surface area (Å²) in [5, 5.41) is 12.6. The smallest absolute Gasteiger partial charge is 0.228 e. The maximum Gasteiger partial charge on any atom is 0.228 e. The zero-order valence-corrected chi connectivity index (χ0v) is 22.0. The van der Waals surface area contributed by atoms with Crippen LogP contribution in [-0.4, -0.2) is 79.7 Å². The molecule has 2 aromatic rings. The molecule has 196 valence electrons. The van der Waals surface area contributed by atoms with Crippen LogP contribution < -0.4 is 10.1 Å². The molecule has 10 heteroatoms. The molecule has 2 amide bonds. The number of aliphatic hydroxyl groups excluding tert-OH is 1. The number of amides is 2. The Hall–Kier alpha value is -2.95. The Morgan fingerprint density at radius 2 is 1.94 bits per heavy atom. The maximum absolute atomic E-state index is 13.3. The predicted octanol–water partition coefficient (Wildman–Crippen LogP) is 1.91. The van der Waals surface area contributed by atoms with Crippen molar-refractivity contribution < 1.29 is 27.9 Å². The van der Waals surface area contributed by atoms with Crippen LogP contribution in [0.25, 0.3) is 0 Å². The first-order valence-corrected chi connectivity index (χ1v) is 13.8. The van der Waals surface area contributed by atoms with E-state index in [-0.39, 0.29) is 43.7 Å². The fourth-order valence-electron chi connectivity index (χ4n) is 4.10. The van der Waals surface area contributed by atoms with E-state index in [2.05, 4.69) is 5.32 Å². The average molecular weight is 518 g/mol. The molecule has 3 atom stereocenters. The summed E-state index contributed by atoms with van der Waals surface area (Å²) in [6.07, 6.45) is 0.825. The van der Waals surface area contributed by atoms with Gasteiger partial charge >= 0.3 is 0 Å². The first-order valence-electron chi connectivity index (χ1n) is 11.9. The molecule has 1 aliphatic heterocycles. The molecule has 2 aromatic carbocycles. The third-order valence-corrected chi connectivity index (χ3v) is 7.69. The molecule has 0 aromatic heterocycles. The number of ether oxygens (including phenoxy) is 1. The van der Waals surface area contributed by atoms with E-state index < -0.39 is 22.2 Å². The quantitative estimate of drug-likeness (QED) is 0.553. The number of sulfonamides is 1. The van der Waals surface area contributed by atoms with Crippen molar-refractivity contribution in [3.63, 3.8) is 0 Å². The number of nitrogens with zero attached hydrogens (tertiary/aromatic N) is 2. The van der Waals surface area contributed by atoms with Crippen LogP contribution in [0, 0.1) is 5.92 Å². The van der Waals surface area contributed by atoms with Gasteiger partial charge in [0.2, 0.25) is 21.8 Å². The molecule has 36 heavy (non-hydrogen) atoms. The minimum atomic E-state index is -3.44. The van der Waals surface area contributed by atoms with Crippen molar-refractivity contribution >= 4 is 27.5 Å². The van der Waals surface area contributed by atoms with Crippen molar-refractivity contribution in [1.29, 1.82) is 0 Å². The molecule has 0 saturated carbocycles. The summed E-state index contributed by atoms with van der Waals surface area (Å²) >= 11 is 0. The molecule has 0 unspecified atom stereocenters. The highest BCUT2D eigenvalue weighted by Crippen LogP contribution is 2.29. The number of fused-ring (bicyclic) bond motifs is 1. The molecule has 0 spiro atoms. The van der Waals surface area contributed by atoms with Crippen molar-refractivity contribution in [3.05, 3.63) is 59.7 Å². The number of rotatable bonds is 8. The van der Waals surface area contributed by atoms with Crippen molar-refractivity contribution in [2.24, 2.45) is 5.92 Å². The van der Waals surface area contributed by atoms with E-state index in [1.165, 1.54) is 11.4 Å². The standard InChI is InChI=1S/C26H35N3O6S/c1-18-15-29(19(2)17-30)26(32)14-21-13-22(27-25(31)12-20-8-6-5-7-9-20)10-11-23(21)35-24(18)16-28(3)36(4,33)34/h5-11,13,18-19,24,30H,12,14-17H2,1-4H3,(H,27,31)/t18-,19+,24+/m1/s1. The second-order valence-electron chi connectivity index (χ2n) is 9.46. The normalized spacial score (nSPS) is 19.5. The van der Waals surface area contributed by atoms with E-state index >= 15 is 0 Å². The molecule has 0 bridgehead atoms. The highest BCUT2D eigenvalue weighted by atomic mass is 32.2. The fraction of sp³-hybridized carbons (Fsp3) is 0.462. The van der Waals surface area contributed by atoms with Gasteiger partial charge in [-0.25, -0.2) is 12.7 Å². The molecule has 9 nitrogen and oxygen atoms in total. The van der Waals surface area contributed by atoms with Gasteiger partial charge in [0.15, 0.2) is 0 Å². The van der Waals surface area contributed by atoms with Crippen molar-refractivity contribution in [2.45, 2.75) is 38.8 Å². The average Bonchev–Trinajstić information content (AvgIpc) is 2.86. The minimum Gasteiger partial charge on any atom is -0.488 e. The second kappa shape index (κ2) is 11.9. The summed E-state index contributed by atoms with van der Waals surface area (Å²) in [5.41, 5.74) is 2.00. The Morgan fingerprint density at radius 1 is 1.25 bits per heavy atom. The lowest BCUT2D eigenvalue weighted by molar-refractivity contribution is -0.134. The molecule has 1 aliphatic rings. The number of hydrogen-bond donors (Lipinski definition) is 2. The Bertz CT molecular complexity index is 1170. The summed E-state index contributed by atoms with van der Waals surface area (Å²) in [6.45, 7) is 3.87. The first-order chi connectivity index (χ1) is 17.0. The predicted molar refractivity (Wildman–Crippen MR) is 138 cm³/mol. The van der Waals surface area contributed by atoms with E-state index in [0.29, 0.717) is 23.5 Å². The van der Waals surface area contributed by atoms with Gasteiger partial charge in [-0.2, -0.15) is 0 Å². The van der Waals surface area contributed by atoms with Crippen LogP contribution in [0.3, 0.4) is 0 Å². The SMILES string of the molecule is C[C@@H]1CN([C@@H](C)CO)C(=O)Cc2cc(NC(=O)Cc3ccccc3)ccc2O[C@H]1CN(C)S(C)(=O)=O. The van der Waals surface area contributed by atoms with Crippen LogP contribution in [-0.2, 0) is 32.5 Å². The monoisotopic (exact) mass is 517 g/mol. The van der Waals surface area contributed by atoms with Crippen LogP contribution >= 0.6 is 0 Å². The van der Waals surface area contributed by atoms with Gasteiger partial charge in [-0.05, 0) is 30.7 Å². The number of carbonyl (C=O) groups excluding carboxylic acids is 2. The molecule has 0 aliphatic carbocycles. The number of hydrogen-bond acceptors (Lipinski definition) is 6. The van der Waals surface area contributed by atoms with Crippen LogP contribution in [0.2, 0.25) is 0 Å². The van der Waals surface area contributed by atoms with Crippen molar-refractivity contribution in [1.82, 2.24) is 9.21 Å².